The van der Waals surface area contributed by atoms with E-state index in [1.165, 1.54) is 13.2 Å². The first-order chi connectivity index (χ1) is 14.0. The van der Waals surface area contributed by atoms with Gasteiger partial charge in [-0.3, -0.25) is 9.48 Å². The smallest absolute Gasteiger partial charge is 0.337 e. The Morgan fingerprint density at radius 2 is 2.00 bits per heavy atom. The molecule has 0 bridgehead atoms. The van der Waals surface area contributed by atoms with Gasteiger partial charge < -0.3 is 14.5 Å². The van der Waals surface area contributed by atoms with Crippen LogP contribution in [0.2, 0.25) is 5.02 Å². The van der Waals surface area contributed by atoms with Crippen molar-refractivity contribution in [2.75, 3.05) is 12.4 Å². The number of methoxy groups -OCH3 is 1. The minimum absolute atomic E-state index is 0.212. The molecule has 29 heavy (non-hydrogen) atoms. The first-order valence-corrected chi connectivity index (χ1v) is 9.10. The maximum atomic E-state index is 12.8. The number of carbonyl (C=O) groups excluding carboxylic acids is 1. The highest BCUT2D eigenvalue weighted by molar-refractivity contribution is 6.30. The molecule has 2 aromatic heterocycles. The Morgan fingerprint density at radius 1 is 1.21 bits per heavy atom. The zero-order chi connectivity index (χ0) is 20.4. The van der Waals surface area contributed by atoms with Crippen molar-refractivity contribution in [2.45, 2.75) is 6.54 Å². The van der Waals surface area contributed by atoms with Gasteiger partial charge in [-0.25, -0.2) is 4.79 Å². The number of halogens is 1. The van der Waals surface area contributed by atoms with Crippen LogP contribution in [0.4, 0.5) is 5.69 Å². The minimum atomic E-state index is -0.616. The van der Waals surface area contributed by atoms with Crippen LogP contribution in [-0.2, 0) is 6.54 Å². The van der Waals surface area contributed by atoms with Gasteiger partial charge in [-0.1, -0.05) is 23.7 Å². The standard InChI is InChI=1S/C21H16ClN3O4/c1-28-16-6-7-17-18(9-20(26)29-19(17)8-16)21(27)24-15-10-23-25(12-15)11-13-2-4-14(22)5-3-13/h2-10,12H,11H2,1H3,(H,24,27). The summed E-state index contributed by atoms with van der Waals surface area (Å²) in [4.78, 5) is 24.6. The van der Waals surface area contributed by atoms with E-state index in [4.69, 9.17) is 20.8 Å². The number of anilines is 1. The van der Waals surface area contributed by atoms with Crippen LogP contribution >= 0.6 is 11.6 Å². The highest BCUT2D eigenvalue weighted by atomic mass is 35.5. The maximum absolute atomic E-state index is 12.8. The summed E-state index contributed by atoms with van der Waals surface area (Å²) in [6, 6.07) is 13.5. The Hall–Kier alpha value is -3.58. The van der Waals surface area contributed by atoms with E-state index in [2.05, 4.69) is 10.4 Å². The Morgan fingerprint density at radius 3 is 2.76 bits per heavy atom. The van der Waals surface area contributed by atoms with E-state index in [0.717, 1.165) is 5.56 Å². The summed E-state index contributed by atoms with van der Waals surface area (Å²) >= 11 is 5.90. The third kappa shape index (κ3) is 4.14. The molecule has 1 amide bonds. The van der Waals surface area contributed by atoms with Crippen LogP contribution in [-0.4, -0.2) is 22.8 Å². The lowest BCUT2D eigenvalue weighted by Gasteiger charge is -2.07. The molecule has 0 saturated carbocycles. The van der Waals surface area contributed by atoms with Gasteiger partial charge in [-0.2, -0.15) is 5.10 Å². The van der Waals surface area contributed by atoms with Crippen LogP contribution in [0.3, 0.4) is 0 Å². The predicted octanol–water partition coefficient (Wildman–Crippen LogP) is 3.95. The number of benzene rings is 2. The van der Waals surface area contributed by atoms with Crippen LogP contribution in [0.25, 0.3) is 11.0 Å². The second kappa shape index (κ2) is 7.81. The summed E-state index contributed by atoms with van der Waals surface area (Å²) in [5, 5.41) is 8.20. The number of nitrogens with zero attached hydrogens (tertiary/aromatic N) is 2. The number of aromatic nitrogens is 2. The second-order valence-electron chi connectivity index (χ2n) is 6.35. The molecule has 2 heterocycles. The van der Waals surface area contributed by atoms with Crippen molar-refractivity contribution in [2.24, 2.45) is 0 Å². The van der Waals surface area contributed by atoms with E-state index in [1.54, 1.807) is 35.3 Å². The van der Waals surface area contributed by atoms with Gasteiger partial charge in [0.1, 0.15) is 11.3 Å². The topological polar surface area (TPSA) is 86.4 Å². The van der Waals surface area contributed by atoms with E-state index in [9.17, 15) is 9.59 Å². The Balaban J connectivity index is 1.56. The third-order valence-corrected chi connectivity index (χ3v) is 4.60. The van der Waals surface area contributed by atoms with Gasteiger partial charge in [0, 0.05) is 28.7 Å². The van der Waals surface area contributed by atoms with Crippen LogP contribution in [0.1, 0.15) is 15.9 Å². The summed E-state index contributed by atoms with van der Waals surface area (Å²) in [6.45, 7) is 0.532. The molecule has 4 rings (SSSR count). The second-order valence-corrected chi connectivity index (χ2v) is 6.78. The highest BCUT2D eigenvalue weighted by Gasteiger charge is 2.15. The summed E-state index contributed by atoms with van der Waals surface area (Å²) in [7, 11) is 1.51. The fraction of sp³-hybridized carbons (Fsp3) is 0.0952. The van der Waals surface area contributed by atoms with Gasteiger partial charge >= 0.3 is 5.63 Å². The Labute approximate surface area is 170 Å². The van der Waals surface area contributed by atoms with E-state index < -0.39 is 11.5 Å². The largest absolute Gasteiger partial charge is 0.497 e. The molecule has 1 N–H and O–H groups in total. The Kier molecular flexibility index (Phi) is 5.05. The molecule has 4 aromatic rings. The fourth-order valence-corrected chi connectivity index (χ4v) is 3.07. The normalized spacial score (nSPS) is 10.8. The van der Waals surface area contributed by atoms with E-state index in [-0.39, 0.29) is 11.1 Å². The molecule has 0 atom stereocenters. The van der Waals surface area contributed by atoms with E-state index >= 15 is 0 Å². The van der Waals surface area contributed by atoms with Crippen LogP contribution in [0.15, 0.2) is 70.1 Å². The fourth-order valence-electron chi connectivity index (χ4n) is 2.95. The molecule has 2 aromatic carbocycles. The minimum Gasteiger partial charge on any atom is -0.497 e. The van der Waals surface area contributed by atoms with Gasteiger partial charge in [0.2, 0.25) is 0 Å². The Bertz CT molecular complexity index is 1250. The van der Waals surface area contributed by atoms with E-state index in [1.807, 2.05) is 24.3 Å². The molecule has 0 saturated heterocycles. The van der Waals surface area contributed by atoms with Crippen LogP contribution in [0, 0.1) is 0 Å². The van der Waals surface area contributed by atoms with Crippen molar-refractivity contribution in [1.82, 2.24) is 9.78 Å². The van der Waals surface area contributed by atoms with Crippen molar-refractivity contribution in [1.29, 1.82) is 0 Å². The molecule has 7 nitrogen and oxygen atoms in total. The molecule has 0 aliphatic rings. The first kappa shape index (κ1) is 18.8. The van der Waals surface area contributed by atoms with Crippen molar-refractivity contribution >= 4 is 34.2 Å². The number of carbonyl (C=O) groups is 1. The number of fused-ring (bicyclic) bond motifs is 1. The summed E-state index contributed by atoms with van der Waals surface area (Å²) in [6.07, 6.45) is 3.26. The van der Waals surface area contributed by atoms with Crippen LogP contribution < -0.4 is 15.7 Å². The highest BCUT2D eigenvalue weighted by Crippen LogP contribution is 2.23. The SMILES string of the molecule is COc1ccc2c(C(=O)Nc3cnn(Cc4ccc(Cl)cc4)c3)cc(=O)oc2c1. The van der Waals surface area contributed by atoms with Crippen molar-refractivity contribution in [3.8, 4) is 5.75 Å². The molecule has 8 heteroatoms. The zero-order valence-corrected chi connectivity index (χ0v) is 16.1. The van der Waals surface area contributed by atoms with Crippen molar-refractivity contribution in [3.05, 3.63) is 87.5 Å². The third-order valence-electron chi connectivity index (χ3n) is 4.35. The molecule has 0 unspecified atom stereocenters. The number of hydrogen-bond donors (Lipinski definition) is 1. The molecule has 0 aliphatic heterocycles. The summed E-state index contributed by atoms with van der Waals surface area (Å²) in [5.74, 6) is 0.0980. The lowest BCUT2D eigenvalue weighted by atomic mass is 10.1. The van der Waals surface area contributed by atoms with Crippen molar-refractivity contribution < 1.29 is 13.9 Å². The molecular formula is C21H16ClN3O4. The summed E-state index contributed by atoms with van der Waals surface area (Å²) < 4.78 is 12.0. The predicted molar refractivity (Wildman–Crippen MR) is 110 cm³/mol. The van der Waals surface area contributed by atoms with Gasteiger partial charge in [0.15, 0.2) is 0 Å². The lowest BCUT2D eigenvalue weighted by molar-refractivity contribution is 0.102. The van der Waals surface area contributed by atoms with Gasteiger partial charge in [-0.15, -0.1) is 0 Å². The zero-order valence-electron chi connectivity index (χ0n) is 15.4. The number of amides is 1. The lowest BCUT2D eigenvalue weighted by Crippen LogP contribution is -2.15. The number of rotatable bonds is 5. The molecule has 0 aliphatic carbocycles. The quantitative estimate of drug-likeness (QED) is 0.504. The average Bonchev–Trinajstić information content (AvgIpc) is 3.15. The molecule has 0 fully saturated rings. The number of hydrogen-bond acceptors (Lipinski definition) is 5. The van der Waals surface area contributed by atoms with E-state index in [0.29, 0.717) is 28.4 Å². The molecule has 0 radical (unpaired) electrons. The van der Waals surface area contributed by atoms with Gasteiger partial charge in [-0.05, 0) is 29.8 Å². The maximum Gasteiger partial charge on any atom is 0.337 e. The van der Waals surface area contributed by atoms with Gasteiger partial charge in [0.05, 0.1) is 31.1 Å². The van der Waals surface area contributed by atoms with Gasteiger partial charge in [0.25, 0.3) is 5.91 Å². The number of nitrogens with one attached hydrogen (secondary N) is 1. The first-order valence-electron chi connectivity index (χ1n) is 8.72. The molecule has 146 valence electrons. The monoisotopic (exact) mass is 409 g/mol. The average molecular weight is 410 g/mol. The molecular weight excluding hydrogens is 394 g/mol. The van der Waals surface area contributed by atoms with Crippen LogP contribution in [0.5, 0.6) is 5.75 Å². The summed E-state index contributed by atoms with van der Waals surface area (Å²) in [5.41, 5.74) is 1.41. The number of ether oxygens (including phenoxy) is 1. The molecule has 0 spiro atoms. The van der Waals surface area contributed by atoms with Crippen molar-refractivity contribution in [3.63, 3.8) is 0 Å².